The molecule has 0 amide bonds. The lowest BCUT2D eigenvalue weighted by molar-refractivity contribution is 0.396. The van der Waals surface area contributed by atoms with Gasteiger partial charge in [0.1, 0.15) is 5.75 Å². The Morgan fingerprint density at radius 2 is 2.13 bits per heavy atom. The number of methoxy groups -OCH3 is 1. The predicted molar refractivity (Wildman–Crippen MR) is 62.3 cm³/mol. The van der Waals surface area contributed by atoms with Crippen LogP contribution in [0.1, 0.15) is 30.0 Å². The molecule has 82 valence electrons. The van der Waals surface area contributed by atoms with E-state index in [2.05, 4.69) is 30.4 Å². The first-order chi connectivity index (χ1) is 7.26. The van der Waals surface area contributed by atoms with E-state index in [0.29, 0.717) is 6.04 Å². The van der Waals surface area contributed by atoms with Crippen molar-refractivity contribution >= 4 is 0 Å². The summed E-state index contributed by atoms with van der Waals surface area (Å²) in [4.78, 5) is 0. The van der Waals surface area contributed by atoms with Crippen molar-refractivity contribution in [3.63, 3.8) is 0 Å². The summed E-state index contributed by atoms with van der Waals surface area (Å²) in [5.41, 5.74) is 2.61. The second kappa shape index (κ2) is 4.23. The standard InChI is InChI=1S/C13H19NO/c1-9-4-7-12(15-3)11(8-9)13(14-2)10-5-6-10/h4,7-8,10,13-14H,5-6H2,1-3H3. The molecule has 15 heavy (non-hydrogen) atoms. The van der Waals surface area contributed by atoms with Crippen molar-refractivity contribution in [2.45, 2.75) is 25.8 Å². The molecule has 0 aromatic heterocycles. The van der Waals surface area contributed by atoms with Crippen LogP contribution < -0.4 is 10.1 Å². The van der Waals surface area contributed by atoms with Gasteiger partial charge in [-0.25, -0.2) is 0 Å². The van der Waals surface area contributed by atoms with Gasteiger partial charge in [0.15, 0.2) is 0 Å². The number of rotatable bonds is 4. The lowest BCUT2D eigenvalue weighted by atomic mass is 9.99. The molecular weight excluding hydrogens is 186 g/mol. The highest BCUT2D eigenvalue weighted by Gasteiger charge is 2.32. The van der Waals surface area contributed by atoms with E-state index in [0.717, 1.165) is 11.7 Å². The van der Waals surface area contributed by atoms with Gasteiger partial charge in [0.05, 0.1) is 7.11 Å². The molecule has 1 atom stereocenters. The molecule has 2 heteroatoms. The Kier molecular flexibility index (Phi) is 2.96. The number of aryl methyl sites for hydroxylation is 1. The second-order valence-corrected chi connectivity index (χ2v) is 4.35. The lowest BCUT2D eigenvalue weighted by Gasteiger charge is -2.19. The Hall–Kier alpha value is -1.02. The minimum Gasteiger partial charge on any atom is -0.496 e. The highest BCUT2D eigenvalue weighted by Crippen LogP contribution is 2.43. The van der Waals surface area contributed by atoms with Gasteiger partial charge in [0, 0.05) is 11.6 Å². The van der Waals surface area contributed by atoms with Gasteiger partial charge in [-0.1, -0.05) is 17.7 Å². The van der Waals surface area contributed by atoms with E-state index in [9.17, 15) is 0 Å². The van der Waals surface area contributed by atoms with E-state index in [1.54, 1.807) is 7.11 Å². The third kappa shape index (κ3) is 2.15. The van der Waals surface area contributed by atoms with Crippen molar-refractivity contribution in [1.29, 1.82) is 0 Å². The van der Waals surface area contributed by atoms with Crippen LogP contribution in [0.15, 0.2) is 18.2 Å². The van der Waals surface area contributed by atoms with E-state index < -0.39 is 0 Å². The quantitative estimate of drug-likeness (QED) is 0.816. The number of nitrogens with one attached hydrogen (secondary N) is 1. The maximum Gasteiger partial charge on any atom is 0.123 e. The average molecular weight is 205 g/mol. The van der Waals surface area contributed by atoms with Crippen LogP contribution in [0.5, 0.6) is 5.75 Å². The number of ether oxygens (including phenoxy) is 1. The zero-order valence-corrected chi connectivity index (χ0v) is 9.71. The summed E-state index contributed by atoms with van der Waals surface area (Å²) in [6.07, 6.45) is 2.67. The fourth-order valence-corrected chi connectivity index (χ4v) is 2.17. The van der Waals surface area contributed by atoms with Crippen LogP contribution in [0.4, 0.5) is 0 Å². The van der Waals surface area contributed by atoms with Crippen LogP contribution in [-0.4, -0.2) is 14.2 Å². The number of hydrogen-bond acceptors (Lipinski definition) is 2. The van der Waals surface area contributed by atoms with Crippen LogP contribution in [0.25, 0.3) is 0 Å². The Balaban J connectivity index is 2.34. The zero-order valence-electron chi connectivity index (χ0n) is 9.71. The Morgan fingerprint density at radius 1 is 1.40 bits per heavy atom. The zero-order chi connectivity index (χ0) is 10.8. The van der Waals surface area contributed by atoms with E-state index in [4.69, 9.17) is 4.74 Å². The fourth-order valence-electron chi connectivity index (χ4n) is 2.17. The molecule has 1 aromatic rings. The molecule has 1 saturated carbocycles. The van der Waals surface area contributed by atoms with Crippen LogP contribution >= 0.6 is 0 Å². The maximum atomic E-state index is 5.42. The van der Waals surface area contributed by atoms with Crippen molar-refractivity contribution < 1.29 is 4.74 Å². The van der Waals surface area contributed by atoms with Crippen molar-refractivity contribution in [2.24, 2.45) is 5.92 Å². The maximum absolute atomic E-state index is 5.42. The van der Waals surface area contributed by atoms with Crippen LogP contribution in [-0.2, 0) is 0 Å². The molecule has 2 rings (SSSR count). The summed E-state index contributed by atoms with van der Waals surface area (Å²) in [5.74, 6) is 1.80. The first kappa shape index (κ1) is 10.5. The summed E-state index contributed by atoms with van der Waals surface area (Å²) in [7, 11) is 3.78. The van der Waals surface area contributed by atoms with Gasteiger partial charge in [-0.05, 0) is 38.8 Å². The first-order valence-corrected chi connectivity index (χ1v) is 5.58. The number of benzene rings is 1. The summed E-state index contributed by atoms with van der Waals surface area (Å²) < 4.78 is 5.42. The Bertz CT molecular complexity index is 344. The van der Waals surface area contributed by atoms with Crippen LogP contribution in [0.2, 0.25) is 0 Å². The van der Waals surface area contributed by atoms with E-state index in [-0.39, 0.29) is 0 Å². The van der Waals surface area contributed by atoms with Gasteiger partial charge in [0.2, 0.25) is 0 Å². The van der Waals surface area contributed by atoms with Crippen LogP contribution in [0.3, 0.4) is 0 Å². The van der Waals surface area contributed by atoms with Crippen molar-refractivity contribution in [3.8, 4) is 5.75 Å². The molecule has 0 heterocycles. The third-order valence-electron chi connectivity index (χ3n) is 3.12. The molecule has 1 unspecified atom stereocenters. The van der Waals surface area contributed by atoms with E-state index >= 15 is 0 Å². The molecule has 1 N–H and O–H groups in total. The highest BCUT2D eigenvalue weighted by molar-refractivity contribution is 5.40. The highest BCUT2D eigenvalue weighted by atomic mass is 16.5. The first-order valence-electron chi connectivity index (χ1n) is 5.58. The van der Waals surface area contributed by atoms with Gasteiger partial charge in [-0.3, -0.25) is 0 Å². The smallest absolute Gasteiger partial charge is 0.123 e. The average Bonchev–Trinajstić information content (AvgIpc) is 3.04. The molecule has 1 fully saturated rings. The van der Waals surface area contributed by atoms with Gasteiger partial charge in [0.25, 0.3) is 0 Å². The lowest BCUT2D eigenvalue weighted by Crippen LogP contribution is -2.19. The molecule has 1 aromatic carbocycles. The molecule has 1 aliphatic carbocycles. The summed E-state index contributed by atoms with van der Waals surface area (Å²) in [5, 5.41) is 3.40. The molecule has 0 spiro atoms. The molecule has 0 saturated heterocycles. The number of hydrogen-bond donors (Lipinski definition) is 1. The van der Waals surface area contributed by atoms with Gasteiger partial charge in [-0.15, -0.1) is 0 Å². The summed E-state index contributed by atoms with van der Waals surface area (Å²) >= 11 is 0. The van der Waals surface area contributed by atoms with E-state index in [1.807, 2.05) is 7.05 Å². The van der Waals surface area contributed by atoms with Crippen molar-refractivity contribution in [3.05, 3.63) is 29.3 Å². The van der Waals surface area contributed by atoms with Crippen molar-refractivity contribution in [1.82, 2.24) is 5.32 Å². The molecule has 1 aliphatic rings. The van der Waals surface area contributed by atoms with Gasteiger partial charge in [-0.2, -0.15) is 0 Å². The summed E-state index contributed by atoms with van der Waals surface area (Å²) in [6.45, 7) is 2.13. The van der Waals surface area contributed by atoms with Gasteiger partial charge < -0.3 is 10.1 Å². The van der Waals surface area contributed by atoms with E-state index in [1.165, 1.54) is 24.0 Å². The summed E-state index contributed by atoms with van der Waals surface area (Å²) in [6, 6.07) is 6.86. The van der Waals surface area contributed by atoms with Crippen LogP contribution in [0, 0.1) is 12.8 Å². The predicted octanol–water partition coefficient (Wildman–Crippen LogP) is 2.67. The molecule has 0 radical (unpaired) electrons. The second-order valence-electron chi connectivity index (χ2n) is 4.35. The molecule has 0 aliphatic heterocycles. The molecular formula is C13H19NO. The molecule has 0 bridgehead atoms. The minimum atomic E-state index is 0.458. The molecule has 2 nitrogen and oxygen atoms in total. The minimum absolute atomic E-state index is 0.458. The Labute approximate surface area is 91.6 Å². The Morgan fingerprint density at radius 3 is 2.67 bits per heavy atom. The monoisotopic (exact) mass is 205 g/mol. The fraction of sp³-hybridized carbons (Fsp3) is 0.538. The topological polar surface area (TPSA) is 21.3 Å². The van der Waals surface area contributed by atoms with Crippen molar-refractivity contribution in [2.75, 3.05) is 14.2 Å². The third-order valence-corrected chi connectivity index (χ3v) is 3.12. The SMILES string of the molecule is CNC(c1cc(C)ccc1OC)C1CC1. The normalized spacial score (nSPS) is 17.5. The van der Waals surface area contributed by atoms with Gasteiger partial charge >= 0.3 is 0 Å². The largest absolute Gasteiger partial charge is 0.496 e.